The van der Waals surface area contributed by atoms with Gasteiger partial charge in [-0.15, -0.1) is 0 Å². The number of alkyl halides is 3. The van der Waals surface area contributed by atoms with Crippen molar-refractivity contribution in [3.63, 3.8) is 0 Å². The van der Waals surface area contributed by atoms with Gasteiger partial charge in [0.05, 0.1) is 18.0 Å². The number of oxime groups is 1. The number of aryl methyl sites for hydroxylation is 1. The lowest BCUT2D eigenvalue weighted by Crippen LogP contribution is -2.32. The van der Waals surface area contributed by atoms with Crippen LogP contribution in [-0.4, -0.2) is 39.0 Å². The van der Waals surface area contributed by atoms with Gasteiger partial charge in [-0.3, -0.25) is 14.5 Å². The van der Waals surface area contributed by atoms with Crippen LogP contribution in [0.15, 0.2) is 23.6 Å². The Morgan fingerprint density at radius 1 is 1.32 bits per heavy atom. The molecule has 7 nitrogen and oxygen atoms in total. The Balaban J connectivity index is 2.21. The zero-order valence-corrected chi connectivity index (χ0v) is 20.6. The fourth-order valence-electron chi connectivity index (χ4n) is 2.63. The van der Waals surface area contributed by atoms with Crippen molar-refractivity contribution in [2.45, 2.75) is 53.3 Å². The largest absolute Gasteiger partial charge is 0.435 e. The number of amides is 1. The Morgan fingerprint density at radius 2 is 2.00 bits per heavy atom. The quantitative estimate of drug-likeness (QED) is 0.350. The molecule has 0 aliphatic carbocycles. The maximum Gasteiger partial charge on any atom is 0.435 e. The summed E-state index contributed by atoms with van der Waals surface area (Å²) in [5, 5.41) is 10.2. The second kappa shape index (κ2) is 10.9. The highest BCUT2D eigenvalue weighted by Gasteiger charge is 2.37. The molecule has 0 saturated heterocycles. The van der Waals surface area contributed by atoms with Crippen LogP contribution in [0.5, 0.6) is 0 Å². The van der Waals surface area contributed by atoms with Gasteiger partial charge in [-0.2, -0.15) is 18.3 Å². The minimum atomic E-state index is -4.66. The Morgan fingerprint density at radius 3 is 2.56 bits per heavy atom. The van der Waals surface area contributed by atoms with Gasteiger partial charge in [0, 0.05) is 36.0 Å². The summed E-state index contributed by atoms with van der Waals surface area (Å²) < 4.78 is 40.5. The number of rotatable bonds is 7. The summed E-state index contributed by atoms with van der Waals surface area (Å²) in [6.07, 6.45) is -2.74. The van der Waals surface area contributed by atoms with Crippen LogP contribution >= 0.6 is 11.6 Å². The van der Waals surface area contributed by atoms with Gasteiger partial charge in [0.2, 0.25) is 5.91 Å². The van der Waals surface area contributed by atoms with Crippen molar-refractivity contribution in [3.05, 3.63) is 46.0 Å². The molecule has 0 aliphatic rings. The minimum Gasteiger partial charge on any atom is -0.393 e. The Hall–Kier alpha value is -3.06. The first-order valence-corrected chi connectivity index (χ1v) is 10.8. The predicted octanol–water partition coefficient (Wildman–Crippen LogP) is 4.37. The number of carbonyl (C=O) groups excluding carboxylic acids is 1. The van der Waals surface area contributed by atoms with Crippen LogP contribution in [0.3, 0.4) is 0 Å². The molecule has 0 fully saturated rings. The van der Waals surface area contributed by atoms with Gasteiger partial charge in [-0.25, -0.2) is 0 Å². The lowest BCUT2D eigenvalue weighted by Gasteiger charge is -2.12. The van der Waals surface area contributed by atoms with E-state index in [2.05, 4.69) is 32.4 Å². The SMILES string of the molecule is CC(C)O/N=C(\CNC(=O)Cc1cn(C)nc1C(F)(F)F)c1ncc(C#CC(C)(C)C)cc1Cl. The molecule has 0 spiro atoms. The standard InChI is InChI=1S/C23H27ClF3N5O2/c1-14(2)34-31-18(20-17(24)9-15(11-29-20)7-8-22(3,4)5)12-28-19(33)10-16-13-32(6)30-21(16)23(25,26)27/h9,11,13-14H,10,12H2,1-6H3,(H,28,33)/b31-18+. The molecule has 0 unspecified atom stereocenters. The monoisotopic (exact) mass is 497 g/mol. The van der Waals surface area contributed by atoms with Gasteiger partial charge < -0.3 is 10.2 Å². The van der Waals surface area contributed by atoms with Crippen molar-refractivity contribution in [1.82, 2.24) is 20.1 Å². The highest BCUT2D eigenvalue weighted by molar-refractivity contribution is 6.34. The molecule has 0 saturated carbocycles. The zero-order valence-electron chi connectivity index (χ0n) is 19.8. The predicted molar refractivity (Wildman–Crippen MR) is 123 cm³/mol. The summed E-state index contributed by atoms with van der Waals surface area (Å²) in [7, 11) is 1.36. The molecule has 2 aromatic rings. The van der Waals surface area contributed by atoms with Crippen molar-refractivity contribution in [3.8, 4) is 11.8 Å². The fraction of sp³-hybridized carbons (Fsp3) is 0.478. The molecule has 1 amide bonds. The number of pyridine rings is 1. The van der Waals surface area contributed by atoms with Gasteiger partial charge in [0.15, 0.2) is 5.69 Å². The summed E-state index contributed by atoms with van der Waals surface area (Å²) in [6, 6.07) is 1.63. The van der Waals surface area contributed by atoms with Crippen molar-refractivity contribution < 1.29 is 22.8 Å². The first-order chi connectivity index (χ1) is 15.7. The van der Waals surface area contributed by atoms with Crippen LogP contribution in [0.1, 0.15) is 57.1 Å². The molecule has 0 aliphatic heterocycles. The van der Waals surface area contributed by atoms with Crippen LogP contribution in [0.2, 0.25) is 5.02 Å². The number of hydrogen-bond donors (Lipinski definition) is 1. The highest BCUT2D eigenvalue weighted by Crippen LogP contribution is 2.30. The zero-order chi connectivity index (χ0) is 25.7. The molecule has 11 heteroatoms. The molecule has 0 atom stereocenters. The molecule has 0 radical (unpaired) electrons. The highest BCUT2D eigenvalue weighted by atomic mass is 35.5. The third-order valence-electron chi connectivity index (χ3n) is 4.05. The molecular weight excluding hydrogens is 471 g/mol. The third kappa shape index (κ3) is 8.37. The molecule has 2 rings (SSSR count). The van der Waals surface area contributed by atoms with E-state index in [-0.39, 0.29) is 40.1 Å². The third-order valence-corrected chi connectivity index (χ3v) is 4.34. The van der Waals surface area contributed by atoms with Crippen LogP contribution in [0, 0.1) is 17.3 Å². The van der Waals surface area contributed by atoms with E-state index in [1.807, 2.05) is 20.8 Å². The topological polar surface area (TPSA) is 81.4 Å². The van der Waals surface area contributed by atoms with Crippen molar-refractivity contribution in [2.75, 3.05) is 6.54 Å². The minimum absolute atomic E-state index is 0.160. The van der Waals surface area contributed by atoms with Gasteiger partial charge in [-0.1, -0.05) is 28.6 Å². The van der Waals surface area contributed by atoms with E-state index in [0.717, 1.165) is 10.9 Å². The Bertz CT molecular complexity index is 1120. The van der Waals surface area contributed by atoms with Crippen molar-refractivity contribution >= 4 is 23.2 Å². The summed E-state index contributed by atoms with van der Waals surface area (Å²) in [6.45, 7) is 9.30. The summed E-state index contributed by atoms with van der Waals surface area (Å²) in [5.74, 6) is 5.43. The molecule has 2 aromatic heterocycles. The van der Waals surface area contributed by atoms with E-state index in [0.29, 0.717) is 5.56 Å². The molecular formula is C23H27ClF3N5O2. The number of carbonyl (C=O) groups is 1. The molecule has 0 bridgehead atoms. The maximum absolute atomic E-state index is 13.1. The van der Waals surface area contributed by atoms with Gasteiger partial charge in [0.1, 0.15) is 17.5 Å². The number of aromatic nitrogens is 3. The fourth-order valence-corrected chi connectivity index (χ4v) is 2.91. The summed E-state index contributed by atoms with van der Waals surface area (Å²) in [4.78, 5) is 22.0. The maximum atomic E-state index is 13.1. The lowest BCUT2D eigenvalue weighted by molar-refractivity contribution is -0.142. The van der Waals surface area contributed by atoms with E-state index in [9.17, 15) is 18.0 Å². The van der Waals surface area contributed by atoms with Crippen LogP contribution < -0.4 is 5.32 Å². The lowest BCUT2D eigenvalue weighted by atomic mass is 9.97. The van der Waals surface area contributed by atoms with Gasteiger partial charge in [-0.05, 0) is 40.7 Å². The van der Waals surface area contributed by atoms with Crippen LogP contribution in [0.4, 0.5) is 13.2 Å². The molecule has 1 N–H and O–H groups in total. The molecule has 34 heavy (non-hydrogen) atoms. The molecule has 184 valence electrons. The van der Waals surface area contributed by atoms with E-state index in [1.54, 1.807) is 19.9 Å². The second-order valence-corrected chi connectivity index (χ2v) is 9.28. The van der Waals surface area contributed by atoms with Gasteiger partial charge >= 0.3 is 6.18 Å². The van der Waals surface area contributed by atoms with E-state index < -0.39 is 24.2 Å². The second-order valence-electron chi connectivity index (χ2n) is 8.87. The normalized spacial score (nSPS) is 12.4. The Kier molecular flexibility index (Phi) is 8.72. The first kappa shape index (κ1) is 27.2. The summed E-state index contributed by atoms with van der Waals surface area (Å²) >= 11 is 6.39. The number of hydrogen-bond acceptors (Lipinski definition) is 5. The van der Waals surface area contributed by atoms with Crippen LogP contribution in [0.25, 0.3) is 0 Å². The van der Waals surface area contributed by atoms with Crippen molar-refractivity contribution in [2.24, 2.45) is 17.6 Å². The number of nitrogens with zero attached hydrogens (tertiary/aromatic N) is 4. The molecule has 0 aromatic carbocycles. The van der Waals surface area contributed by atoms with Crippen molar-refractivity contribution in [1.29, 1.82) is 0 Å². The van der Waals surface area contributed by atoms with Gasteiger partial charge in [0.25, 0.3) is 0 Å². The Labute approximate surface area is 201 Å². The smallest absolute Gasteiger partial charge is 0.393 e. The van der Waals surface area contributed by atoms with E-state index in [4.69, 9.17) is 16.4 Å². The van der Waals surface area contributed by atoms with E-state index in [1.165, 1.54) is 13.2 Å². The van der Waals surface area contributed by atoms with E-state index >= 15 is 0 Å². The number of halogens is 4. The first-order valence-electron chi connectivity index (χ1n) is 10.4. The average Bonchev–Trinajstić information content (AvgIpc) is 3.07. The molecule has 2 heterocycles. The number of nitrogens with one attached hydrogen (secondary N) is 1. The van der Waals surface area contributed by atoms with Crippen LogP contribution in [-0.2, 0) is 29.3 Å². The average molecular weight is 498 g/mol. The summed E-state index contributed by atoms with van der Waals surface area (Å²) in [5.41, 5.74) is -0.451.